The highest BCUT2D eigenvalue weighted by molar-refractivity contribution is 5.95. The zero-order valence-electron chi connectivity index (χ0n) is 22.7. The predicted molar refractivity (Wildman–Crippen MR) is 153 cm³/mol. The molecule has 1 aliphatic rings. The fraction of sp³-hybridized carbons (Fsp3) is 0.290. The largest absolute Gasteiger partial charge is 0.497 e. The first-order chi connectivity index (χ1) is 19.9. The van der Waals surface area contributed by atoms with Gasteiger partial charge in [-0.15, -0.1) is 6.58 Å². The molecule has 10 heteroatoms. The molecule has 1 aliphatic heterocycles. The second-order valence-electron chi connectivity index (χ2n) is 9.50. The number of benzene rings is 3. The molecule has 1 fully saturated rings. The van der Waals surface area contributed by atoms with Crippen molar-refractivity contribution in [1.82, 2.24) is 16.0 Å². The van der Waals surface area contributed by atoms with Gasteiger partial charge in [-0.1, -0.05) is 60.7 Å². The Balaban J connectivity index is 1.37. The summed E-state index contributed by atoms with van der Waals surface area (Å²) >= 11 is 0. The summed E-state index contributed by atoms with van der Waals surface area (Å²) < 4.78 is 16.7. The molecule has 0 aliphatic carbocycles. The van der Waals surface area contributed by atoms with Gasteiger partial charge in [-0.25, -0.2) is 4.79 Å². The number of ether oxygens (including phenoxy) is 3. The minimum Gasteiger partial charge on any atom is -0.497 e. The summed E-state index contributed by atoms with van der Waals surface area (Å²) in [5, 5.41) is 29.9. The third-order valence-electron chi connectivity index (χ3n) is 6.68. The van der Waals surface area contributed by atoms with Gasteiger partial charge in [0.05, 0.1) is 13.7 Å². The Bertz CT molecular complexity index is 1300. The molecule has 4 rings (SSSR count). The van der Waals surface area contributed by atoms with Crippen LogP contribution in [0.1, 0.15) is 15.9 Å². The van der Waals surface area contributed by atoms with E-state index >= 15 is 0 Å². The third kappa shape index (κ3) is 7.92. The highest BCUT2D eigenvalue weighted by Gasteiger charge is 2.45. The summed E-state index contributed by atoms with van der Waals surface area (Å²) in [5.41, 5.74) is 3.05. The first-order valence-electron chi connectivity index (χ1n) is 13.2. The monoisotopic (exact) mass is 561 g/mol. The lowest BCUT2D eigenvalue weighted by molar-refractivity contribution is -0.258. The summed E-state index contributed by atoms with van der Waals surface area (Å²) in [7, 11) is 1.58. The van der Waals surface area contributed by atoms with Crippen molar-refractivity contribution in [2.75, 3.05) is 20.3 Å². The first kappa shape index (κ1) is 29.8. The zero-order valence-corrected chi connectivity index (χ0v) is 22.7. The smallest absolute Gasteiger partial charge is 0.315 e. The van der Waals surface area contributed by atoms with Gasteiger partial charge in [-0.05, 0) is 41.0 Å². The van der Waals surface area contributed by atoms with Crippen LogP contribution >= 0.6 is 0 Å². The van der Waals surface area contributed by atoms with Crippen molar-refractivity contribution in [1.29, 1.82) is 0 Å². The summed E-state index contributed by atoms with van der Waals surface area (Å²) in [6.07, 6.45) is -3.46. The van der Waals surface area contributed by atoms with Crippen molar-refractivity contribution in [2.45, 2.75) is 37.2 Å². The van der Waals surface area contributed by atoms with E-state index in [4.69, 9.17) is 14.2 Å². The van der Waals surface area contributed by atoms with E-state index in [1.54, 1.807) is 37.4 Å². The number of amides is 3. The maximum atomic E-state index is 13.2. The van der Waals surface area contributed by atoms with E-state index in [1.807, 2.05) is 48.5 Å². The number of aliphatic hydroxyl groups excluding tert-OH is 2. The molecular weight excluding hydrogens is 526 g/mol. The molecular formula is C31H35N3O7. The second-order valence-corrected chi connectivity index (χ2v) is 9.50. The van der Waals surface area contributed by atoms with Crippen LogP contribution in [0.3, 0.4) is 0 Å². The number of rotatable bonds is 11. The van der Waals surface area contributed by atoms with Crippen LogP contribution in [0.25, 0.3) is 11.1 Å². The van der Waals surface area contributed by atoms with Gasteiger partial charge in [0.25, 0.3) is 5.91 Å². The van der Waals surface area contributed by atoms with E-state index < -0.39 is 42.6 Å². The normalized spacial score (nSPS) is 21.9. The van der Waals surface area contributed by atoms with Crippen LogP contribution in [0, 0.1) is 0 Å². The number of urea groups is 1. The quantitative estimate of drug-likeness (QED) is 0.227. The fourth-order valence-corrected chi connectivity index (χ4v) is 4.45. The minimum absolute atomic E-state index is 0.0752. The fourth-order valence-electron chi connectivity index (χ4n) is 4.45. The molecule has 3 amide bonds. The van der Waals surface area contributed by atoms with Gasteiger partial charge in [0.1, 0.15) is 30.1 Å². The van der Waals surface area contributed by atoms with Gasteiger partial charge in [0, 0.05) is 18.7 Å². The lowest BCUT2D eigenvalue weighted by Crippen LogP contribution is -2.65. The lowest BCUT2D eigenvalue weighted by atomic mass is 9.96. The van der Waals surface area contributed by atoms with E-state index in [0.29, 0.717) is 11.3 Å². The highest BCUT2D eigenvalue weighted by Crippen LogP contribution is 2.24. The molecule has 0 radical (unpaired) electrons. The van der Waals surface area contributed by atoms with Crippen molar-refractivity contribution >= 4 is 11.9 Å². The van der Waals surface area contributed by atoms with Gasteiger partial charge in [-0.2, -0.15) is 0 Å². The van der Waals surface area contributed by atoms with Crippen LogP contribution in [-0.4, -0.2) is 73.1 Å². The number of carbonyl (C=O) groups is 2. The molecule has 0 aromatic heterocycles. The van der Waals surface area contributed by atoms with Crippen molar-refractivity contribution in [2.24, 2.45) is 0 Å². The summed E-state index contributed by atoms with van der Waals surface area (Å²) in [4.78, 5) is 25.6. The van der Waals surface area contributed by atoms with Crippen LogP contribution in [-0.2, 0) is 16.0 Å². The van der Waals surface area contributed by atoms with E-state index in [2.05, 4.69) is 22.5 Å². The number of hydrogen-bond acceptors (Lipinski definition) is 7. The van der Waals surface area contributed by atoms with E-state index in [1.165, 1.54) is 6.08 Å². The Morgan fingerprint density at radius 1 is 0.951 bits per heavy atom. The highest BCUT2D eigenvalue weighted by atomic mass is 16.7. The topological polar surface area (TPSA) is 138 Å². The number of methoxy groups -OCH3 is 1. The van der Waals surface area contributed by atoms with Crippen LogP contribution in [0.4, 0.5) is 4.79 Å². The lowest BCUT2D eigenvalue weighted by Gasteiger charge is -2.42. The van der Waals surface area contributed by atoms with E-state index in [-0.39, 0.29) is 19.7 Å². The van der Waals surface area contributed by atoms with Gasteiger partial charge in [-0.3, -0.25) is 4.79 Å². The minimum atomic E-state index is -1.44. The molecule has 1 saturated heterocycles. The van der Waals surface area contributed by atoms with Crippen LogP contribution in [0.15, 0.2) is 91.5 Å². The average Bonchev–Trinajstić information content (AvgIpc) is 3.02. The molecule has 0 bridgehead atoms. The van der Waals surface area contributed by atoms with Crippen LogP contribution in [0.2, 0.25) is 0 Å². The Morgan fingerprint density at radius 3 is 2.39 bits per heavy atom. The predicted octanol–water partition coefficient (Wildman–Crippen LogP) is 2.61. The van der Waals surface area contributed by atoms with Gasteiger partial charge in [0.15, 0.2) is 6.29 Å². The maximum Gasteiger partial charge on any atom is 0.315 e. The van der Waals surface area contributed by atoms with Crippen molar-refractivity contribution in [3.05, 3.63) is 103 Å². The van der Waals surface area contributed by atoms with Gasteiger partial charge in [0.2, 0.25) is 0 Å². The molecule has 5 atom stereocenters. The summed E-state index contributed by atoms with van der Waals surface area (Å²) in [5.74, 6) is 0.243. The Labute approximate surface area is 238 Å². The Kier molecular flexibility index (Phi) is 10.5. The van der Waals surface area contributed by atoms with Crippen LogP contribution in [0.5, 0.6) is 5.75 Å². The molecule has 10 nitrogen and oxygen atoms in total. The summed E-state index contributed by atoms with van der Waals surface area (Å²) in [6, 6.07) is 22.4. The van der Waals surface area contributed by atoms with E-state index in [0.717, 1.165) is 16.7 Å². The molecule has 5 N–H and O–H groups in total. The number of nitrogens with one attached hydrogen (secondary N) is 3. The SMILES string of the molecule is C=CCOC1O[C@H](CNC(=O)NCc2ccc(OC)cc2)[C@@H](O)[C@H](O)[C@H]1NC(=O)c1cccc(-c2ccccc2)c1. The number of aliphatic hydroxyl groups is 2. The average molecular weight is 562 g/mol. The molecule has 1 unspecified atom stereocenters. The van der Waals surface area contributed by atoms with Crippen molar-refractivity contribution in [3.63, 3.8) is 0 Å². The number of carbonyl (C=O) groups excluding carboxylic acids is 2. The standard InChI is InChI=1S/C31H35N3O7/c1-3-16-40-30-26(34-29(37)23-11-7-10-22(17-23)21-8-5-4-6-9-21)28(36)27(35)25(41-30)19-33-31(38)32-18-20-12-14-24(39-2)15-13-20/h3-15,17,25-28,30,35-36H,1,16,18-19H2,2H3,(H,34,37)(H2,32,33,38)/t25-,26-,27-,28-,30?/m1/s1. The third-order valence-corrected chi connectivity index (χ3v) is 6.68. The zero-order chi connectivity index (χ0) is 29.2. The van der Waals surface area contributed by atoms with Crippen molar-refractivity contribution in [3.8, 4) is 16.9 Å². The molecule has 216 valence electrons. The van der Waals surface area contributed by atoms with Crippen molar-refractivity contribution < 1.29 is 34.0 Å². The van der Waals surface area contributed by atoms with E-state index in [9.17, 15) is 19.8 Å². The first-order valence-corrected chi connectivity index (χ1v) is 13.2. The number of hydrogen-bond donors (Lipinski definition) is 5. The van der Waals surface area contributed by atoms with Gasteiger partial charge >= 0.3 is 6.03 Å². The Hall–Kier alpha value is -4.22. The van der Waals surface area contributed by atoms with Crippen LogP contribution < -0.4 is 20.7 Å². The molecule has 1 heterocycles. The van der Waals surface area contributed by atoms with Gasteiger partial charge < -0.3 is 40.4 Å². The maximum absolute atomic E-state index is 13.2. The second kappa shape index (κ2) is 14.4. The molecule has 0 saturated carbocycles. The Morgan fingerprint density at radius 2 is 1.68 bits per heavy atom. The molecule has 3 aromatic carbocycles. The summed E-state index contributed by atoms with van der Waals surface area (Å²) in [6.45, 7) is 3.87. The molecule has 3 aromatic rings. The molecule has 0 spiro atoms. The molecule has 41 heavy (non-hydrogen) atoms.